The molecule has 5 rings (SSSR count). The molecule has 3 aromatic heterocycles. The van der Waals surface area contributed by atoms with Gasteiger partial charge in [-0.05, 0) is 25.1 Å². The normalized spacial score (nSPS) is 16.3. The summed E-state index contributed by atoms with van der Waals surface area (Å²) < 4.78 is 8.20. The van der Waals surface area contributed by atoms with Crippen LogP contribution in [0.4, 0.5) is 11.8 Å². The Labute approximate surface area is 143 Å². The summed E-state index contributed by atoms with van der Waals surface area (Å²) in [5, 5.41) is 1.81. The van der Waals surface area contributed by atoms with Crippen molar-refractivity contribution in [3.8, 4) is 11.4 Å². The first-order valence-electron chi connectivity index (χ1n) is 8.08. The van der Waals surface area contributed by atoms with Gasteiger partial charge < -0.3 is 20.8 Å². The Balaban J connectivity index is 1.89. The van der Waals surface area contributed by atoms with E-state index in [1.807, 2.05) is 37.5 Å². The number of benzene rings is 1. The second kappa shape index (κ2) is 4.83. The molecule has 0 aliphatic carbocycles. The van der Waals surface area contributed by atoms with Gasteiger partial charge in [-0.25, -0.2) is 4.98 Å². The fourth-order valence-electron chi connectivity index (χ4n) is 3.60. The van der Waals surface area contributed by atoms with Gasteiger partial charge in [0.2, 0.25) is 5.95 Å². The summed E-state index contributed by atoms with van der Waals surface area (Å²) in [6.07, 6.45) is 6.54. The van der Waals surface area contributed by atoms with Crippen LogP contribution in [0.3, 0.4) is 0 Å². The number of aromatic nitrogens is 4. The Hall–Kier alpha value is -3.35. The van der Waals surface area contributed by atoms with Crippen LogP contribution in [0, 0.1) is 0 Å². The van der Waals surface area contributed by atoms with Crippen molar-refractivity contribution in [3.05, 3.63) is 42.4 Å². The van der Waals surface area contributed by atoms with E-state index in [9.17, 15) is 0 Å². The Morgan fingerprint density at radius 2 is 2.12 bits per heavy atom. The Morgan fingerprint density at radius 3 is 3.00 bits per heavy atom. The molecule has 7 nitrogen and oxygen atoms in total. The predicted molar refractivity (Wildman–Crippen MR) is 96.8 cm³/mol. The summed E-state index contributed by atoms with van der Waals surface area (Å²) in [6.45, 7) is 2.04. The monoisotopic (exact) mass is 332 g/mol. The minimum absolute atomic E-state index is 0.0693. The summed E-state index contributed by atoms with van der Waals surface area (Å²) in [7, 11) is 0. The second-order valence-electron chi connectivity index (χ2n) is 6.32. The standard InChI is InChI=1S/C18H16N6O/c1-9-6-11-14(24-5-3-10-8-21-4-2-13(10)24)7-12-15(16(11)25-9)17(19)23-18(20)22-12/h2-5,7-9H,6H2,1H3,(H4,19,20,22,23). The Bertz CT molecular complexity index is 1150. The number of pyridine rings is 1. The van der Waals surface area contributed by atoms with E-state index in [-0.39, 0.29) is 12.1 Å². The number of hydrogen-bond donors (Lipinski definition) is 2. The summed E-state index contributed by atoms with van der Waals surface area (Å²) in [5.74, 6) is 1.26. The zero-order valence-corrected chi connectivity index (χ0v) is 13.6. The molecule has 4 N–H and O–H groups in total. The number of rotatable bonds is 1. The lowest BCUT2D eigenvalue weighted by atomic mass is 10.0. The smallest absolute Gasteiger partial charge is 0.222 e. The van der Waals surface area contributed by atoms with Crippen molar-refractivity contribution in [2.24, 2.45) is 0 Å². The average molecular weight is 332 g/mol. The highest BCUT2D eigenvalue weighted by molar-refractivity contribution is 5.98. The molecule has 0 bridgehead atoms. The molecule has 1 atom stereocenters. The Morgan fingerprint density at radius 1 is 1.24 bits per heavy atom. The zero-order chi connectivity index (χ0) is 17.1. The van der Waals surface area contributed by atoms with Crippen LogP contribution in [-0.4, -0.2) is 25.6 Å². The van der Waals surface area contributed by atoms with Crippen molar-refractivity contribution in [3.63, 3.8) is 0 Å². The third-order valence-electron chi connectivity index (χ3n) is 4.63. The first-order valence-corrected chi connectivity index (χ1v) is 8.08. The number of ether oxygens (including phenoxy) is 1. The van der Waals surface area contributed by atoms with Crippen LogP contribution in [0.25, 0.3) is 27.5 Å². The van der Waals surface area contributed by atoms with Gasteiger partial charge in [-0.1, -0.05) is 0 Å². The molecule has 0 radical (unpaired) electrons. The maximum absolute atomic E-state index is 6.11. The molecule has 0 amide bonds. The van der Waals surface area contributed by atoms with E-state index in [2.05, 4.69) is 19.5 Å². The van der Waals surface area contributed by atoms with Crippen molar-refractivity contribution in [2.45, 2.75) is 19.4 Å². The topological polar surface area (TPSA) is 105 Å². The van der Waals surface area contributed by atoms with Crippen LogP contribution in [0.2, 0.25) is 0 Å². The van der Waals surface area contributed by atoms with Gasteiger partial charge in [-0.3, -0.25) is 4.98 Å². The molecule has 1 aliphatic rings. The maximum atomic E-state index is 6.11. The van der Waals surface area contributed by atoms with Crippen LogP contribution in [0.1, 0.15) is 12.5 Å². The molecule has 4 heterocycles. The molecular formula is C18H16N6O. The molecule has 0 saturated heterocycles. The third kappa shape index (κ3) is 1.95. The summed E-state index contributed by atoms with van der Waals surface area (Å²) in [5.41, 5.74) is 15.8. The van der Waals surface area contributed by atoms with E-state index < -0.39 is 0 Å². The fourth-order valence-corrected chi connectivity index (χ4v) is 3.60. The largest absolute Gasteiger partial charge is 0.489 e. The molecular weight excluding hydrogens is 316 g/mol. The van der Waals surface area contributed by atoms with Crippen molar-refractivity contribution >= 4 is 33.6 Å². The number of hydrogen-bond acceptors (Lipinski definition) is 6. The predicted octanol–water partition coefficient (Wildman–Crippen LogP) is 2.46. The van der Waals surface area contributed by atoms with Crippen molar-refractivity contribution in [1.82, 2.24) is 19.5 Å². The second-order valence-corrected chi connectivity index (χ2v) is 6.32. The summed E-state index contributed by atoms with van der Waals surface area (Å²) >= 11 is 0. The van der Waals surface area contributed by atoms with Crippen LogP contribution < -0.4 is 16.2 Å². The molecule has 1 aromatic carbocycles. The van der Waals surface area contributed by atoms with Gasteiger partial charge in [0.25, 0.3) is 0 Å². The van der Waals surface area contributed by atoms with Gasteiger partial charge in [0.05, 0.1) is 22.1 Å². The zero-order valence-electron chi connectivity index (χ0n) is 13.6. The first-order chi connectivity index (χ1) is 12.1. The van der Waals surface area contributed by atoms with E-state index in [0.717, 1.165) is 39.7 Å². The minimum Gasteiger partial charge on any atom is -0.489 e. The van der Waals surface area contributed by atoms with Crippen molar-refractivity contribution in [2.75, 3.05) is 11.5 Å². The highest BCUT2D eigenvalue weighted by Crippen LogP contribution is 2.42. The molecule has 25 heavy (non-hydrogen) atoms. The molecule has 1 unspecified atom stereocenters. The number of nitrogens with zero attached hydrogens (tertiary/aromatic N) is 4. The average Bonchev–Trinajstić information content (AvgIpc) is 3.16. The summed E-state index contributed by atoms with van der Waals surface area (Å²) in [6, 6.07) is 6.04. The van der Waals surface area contributed by atoms with Gasteiger partial charge in [0.1, 0.15) is 17.7 Å². The van der Waals surface area contributed by atoms with Gasteiger partial charge in [0, 0.05) is 36.0 Å². The van der Waals surface area contributed by atoms with Gasteiger partial charge in [-0.15, -0.1) is 0 Å². The van der Waals surface area contributed by atoms with Gasteiger partial charge in [0.15, 0.2) is 0 Å². The van der Waals surface area contributed by atoms with Gasteiger partial charge >= 0.3 is 0 Å². The minimum atomic E-state index is 0.0693. The highest BCUT2D eigenvalue weighted by Gasteiger charge is 2.28. The van der Waals surface area contributed by atoms with Crippen molar-refractivity contribution < 1.29 is 4.74 Å². The van der Waals surface area contributed by atoms with Crippen LogP contribution in [0.5, 0.6) is 5.75 Å². The lowest BCUT2D eigenvalue weighted by Crippen LogP contribution is -2.06. The molecule has 0 fully saturated rings. The molecule has 4 aromatic rings. The van der Waals surface area contributed by atoms with E-state index in [1.54, 1.807) is 6.20 Å². The molecule has 124 valence electrons. The quantitative estimate of drug-likeness (QED) is 0.555. The number of anilines is 2. The van der Waals surface area contributed by atoms with Crippen LogP contribution in [0.15, 0.2) is 36.8 Å². The molecule has 1 aliphatic heterocycles. The lowest BCUT2D eigenvalue weighted by Gasteiger charge is -2.14. The van der Waals surface area contributed by atoms with E-state index >= 15 is 0 Å². The highest BCUT2D eigenvalue weighted by atomic mass is 16.5. The maximum Gasteiger partial charge on any atom is 0.222 e. The first kappa shape index (κ1) is 14.0. The van der Waals surface area contributed by atoms with Gasteiger partial charge in [-0.2, -0.15) is 4.98 Å². The fraction of sp³-hybridized carbons (Fsp3) is 0.167. The van der Waals surface area contributed by atoms with Crippen molar-refractivity contribution in [1.29, 1.82) is 0 Å². The SMILES string of the molecule is CC1Cc2c(-n3ccc4cnccc43)cc3nc(N)nc(N)c3c2O1. The van der Waals surface area contributed by atoms with E-state index in [1.165, 1.54) is 0 Å². The van der Waals surface area contributed by atoms with Crippen LogP contribution in [-0.2, 0) is 6.42 Å². The number of fused-ring (bicyclic) bond motifs is 4. The van der Waals surface area contributed by atoms with E-state index in [0.29, 0.717) is 11.3 Å². The lowest BCUT2D eigenvalue weighted by molar-refractivity contribution is 0.257. The number of nitrogen functional groups attached to an aromatic ring is 2. The molecule has 0 saturated carbocycles. The van der Waals surface area contributed by atoms with E-state index in [4.69, 9.17) is 16.2 Å². The van der Waals surface area contributed by atoms with Crippen LogP contribution >= 0.6 is 0 Å². The third-order valence-corrected chi connectivity index (χ3v) is 4.63. The molecule has 7 heteroatoms. The number of nitrogens with two attached hydrogens (primary N) is 2. The Kier molecular flexibility index (Phi) is 2.71. The summed E-state index contributed by atoms with van der Waals surface area (Å²) in [4.78, 5) is 12.7. The molecule has 0 spiro atoms.